The lowest BCUT2D eigenvalue weighted by molar-refractivity contribution is 0.151. The number of piperidine rings is 1. The maximum Gasteiger partial charge on any atom is 0.123 e. The molecule has 1 aliphatic rings. The monoisotopic (exact) mass is 294 g/mol. The van der Waals surface area contributed by atoms with E-state index >= 15 is 0 Å². The number of aliphatic hydroxyl groups is 1. The predicted molar refractivity (Wildman–Crippen MR) is 83.7 cm³/mol. The largest absolute Gasteiger partial charge is 0.387 e. The summed E-state index contributed by atoms with van der Waals surface area (Å²) in [6, 6.07) is 6.18. The second-order valence-electron chi connectivity index (χ2n) is 6.73. The summed E-state index contributed by atoms with van der Waals surface area (Å²) in [7, 11) is 0. The van der Waals surface area contributed by atoms with Gasteiger partial charge in [0.05, 0.1) is 6.10 Å². The molecule has 1 fully saturated rings. The van der Waals surface area contributed by atoms with E-state index in [9.17, 15) is 9.50 Å². The second kappa shape index (κ2) is 7.34. The Hall–Kier alpha value is -0.970. The molecule has 0 radical (unpaired) electrons. The minimum atomic E-state index is -0.673. The van der Waals surface area contributed by atoms with E-state index in [4.69, 9.17) is 0 Å². The maximum atomic E-state index is 13.2. The molecular formula is C17H27FN2O. The van der Waals surface area contributed by atoms with Crippen molar-refractivity contribution in [3.63, 3.8) is 0 Å². The molecule has 0 aromatic heterocycles. The minimum Gasteiger partial charge on any atom is -0.387 e. The molecule has 0 aliphatic carbocycles. The number of aliphatic hydroxyl groups excluding tert-OH is 1. The molecule has 0 spiro atoms. The standard InChI is InChI=1S/C17H27FN2O/c1-17(2,11-13-6-8-19-9-7-13)20-12-16(21)14-4-3-5-15(18)10-14/h3-5,10,13,16,19-21H,6-9,11-12H2,1-2H3/t16-/m0/s1. The van der Waals surface area contributed by atoms with Crippen LogP contribution < -0.4 is 10.6 Å². The van der Waals surface area contributed by atoms with Gasteiger partial charge < -0.3 is 15.7 Å². The second-order valence-corrected chi connectivity index (χ2v) is 6.73. The van der Waals surface area contributed by atoms with Gasteiger partial charge in [0.15, 0.2) is 0 Å². The molecule has 3 N–H and O–H groups in total. The van der Waals surface area contributed by atoms with Gasteiger partial charge >= 0.3 is 0 Å². The summed E-state index contributed by atoms with van der Waals surface area (Å²) in [6.07, 6.45) is 2.87. The first-order valence-electron chi connectivity index (χ1n) is 7.85. The molecule has 0 saturated carbocycles. The highest BCUT2D eigenvalue weighted by molar-refractivity contribution is 5.19. The van der Waals surface area contributed by atoms with Gasteiger partial charge in [0.2, 0.25) is 0 Å². The number of nitrogens with one attached hydrogen (secondary N) is 2. The van der Waals surface area contributed by atoms with Crippen LogP contribution >= 0.6 is 0 Å². The Kier molecular flexibility index (Phi) is 5.73. The molecule has 1 aromatic rings. The summed E-state index contributed by atoms with van der Waals surface area (Å²) >= 11 is 0. The Morgan fingerprint density at radius 3 is 2.76 bits per heavy atom. The zero-order valence-corrected chi connectivity index (χ0v) is 13.0. The molecule has 1 saturated heterocycles. The summed E-state index contributed by atoms with van der Waals surface area (Å²) in [4.78, 5) is 0. The third-order valence-electron chi connectivity index (χ3n) is 4.27. The molecule has 118 valence electrons. The van der Waals surface area contributed by atoms with Crippen LogP contribution in [0.1, 0.15) is 44.8 Å². The molecule has 3 nitrogen and oxygen atoms in total. The molecule has 0 unspecified atom stereocenters. The van der Waals surface area contributed by atoms with Gasteiger partial charge in [0.25, 0.3) is 0 Å². The molecule has 1 atom stereocenters. The molecule has 0 bridgehead atoms. The van der Waals surface area contributed by atoms with E-state index in [1.165, 1.54) is 25.0 Å². The lowest BCUT2D eigenvalue weighted by Crippen LogP contribution is -2.44. The van der Waals surface area contributed by atoms with Gasteiger partial charge in [-0.15, -0.1) is 0 Å². The lowest BCUT2D eigenvalue weighted by atomic mass is 9.85. The van der Waals surface area contributed by atoms with Gasteiger partial charge in [-0.3, -0.25) is 0 Å². The van der Waals surface area contributed by atoms with Gasteiger partial charge in [-0.05, 0) is 69.8 Å². The summed E-state index contributed by atoms with van der Waals surface area (Å²) < 4.78 is 13.2. The Bertz CT molecular complexity index is 444. The minimum absolute atomic E-state index is 0.0175. The van der Waals surface area contributed by atoms with Crippen LogP contribution in [0.25, 0.3) is 0 Å². The van der Waals surface area contributed by atoms with E-state index in [-0.39, 0.29) is 11.4 Å². The lowest BCUT2D eigenvalue weighted by Gasteiger charge is -2.33. The molecule has 21 heavy (non-hydrogen) atoms. The van der Waals surface area contributed by atoms with Crippen LogP contribution in [0.5, 0.6) is 0 Å². The number of hydrogen-bond donors (Lipinski definition) is 3. The number of benzene rings is 1. The first-order valence-corrected chi connectivity index (χ1v) is 7.85. The summed E-state index contributed by atoms with van der Waals surface area (Å²) in [5.74, 6) is 0.431. The van der Waals surface area contributed by atoms with Crippen molar-refractivity contribution in [2.24, 2.45) is 5.92 Å². The fourth-order valence-corrected chi connectivity index (χ4v) is 3.08. The Morgan fingerprint density at radius 1 is 1.38 bits per heavy atom. The van der Waals surface area contributed by atoms with E-state index in [1.54, 1.807) is 12.1 Å². The van der Waals surface area contributed by atoms with E-state index in [1.807, 2.05) is 0 Å². The summed E-state index contributed by atoms with van der Waals surface area (Å²) in [5.41, 5.74) is 0.608. The van der Waals surface area contributed by atoms with Gasteiger partial charge in [-0.1, -0.05) is 12.1 Å². The van der Waals surface area contributed by atoms with Crippen LogP contribution in [-0.2, 0) is 0 Å². The predicted octanol–water partition coefficient (Wildman–Crippen LogP) is 2.62. The average Bonchev–Trinajstić information content (AvgIpc) is 2.45. The van der Waals surface area contributed by atoms with E-state index in [0.717, 1.165) is 25.4 Å². The van der Waals surface area contributed by atoms with Crippen molar-refractivity contribution in [3.05, 3.63) is 35.6 Å². The van der Waals surface area contributed by atoms with Gasteiger partial charge in [-0.2, -0.15) is 0 Å². The van der Waals surface area contributed by atoms with Crippen LogP contribution in [0, 0.1) is 11.7 Å². The summed E-state index contributed by atoms with van der Waals surface area (Å²) in [6.45, 7) is 7.00. The average molecular weight is 294 g/mol. The van der Waals surface area contributed by atoms with Crippen LogP contribution in [0.3, 0.4) is 0 Å². The first-order chi connectivity index (χ1) is 9.96. The first kappa shape index (κ1) is 16.4. The molecule has 1 aromatic carbocycles. The Morgan fingerprint density at radius 2 is 2.10 bits per heavy atom. The fourth-order valence-electron chi connectivity index (χ4n) is 3.08. The highest BCUT2D eigenvalue weighted by Crippen LogP contribution is 2.24. The number of rotatable bonds is 6. The van der Waals surface area contributed by atoms with E-state index < -0.39 is 6.10 Å². The number of β-amino-alcohol motifs (C(OH)–C–C–N with tert-alkyl or cyclic N) is 1. The molecule has 2 rings (SSSR count). The van der Waals surface area contributed by atoms with Crippen molar-refractivity contribution in [3.8, 4) is 0 Å². The maximum absolute atomic E-state index is 13.2. The highest BCUT2D eigenvalue weighted by Gasteiger charge is 2.25. The van der Waals surface area contributed by atoms with Crippen molar-refractivity contribution in [2.75, 3.05) is 19.6 Å². The van der Waals surface area contributed by atoms with Gasteiger partial charge in [0, 0.05) is 12.1 Å². The Balaban J connectivity index is 1.82. The third-order valence-corrected chi connectivity index (χ3v) is 4.27. The number of hydrogen-bond acceptors (Lipinski definition) is 3. The molecular weight excluding hydrogens is 267 g/mol. The fraction of sp³-hybridized carbons (Fsp3) is 0.647. The van der Waals surface area contributed by atoms with Crippen molar-refractivity contribution < 1.29 is 9.50 Å². The Labute approximate surface area is 126 Å². The smallest absolute Gasteiger partial charge is 0.123 e. The van der Waals surface area contributed by atoms with E-state index in [0.29, 0.717) is 12.1 Å². The summed E-state index contributed by atoms with van der Waals surface area (Å²) in [5, 5.41) is 17.0. The van der Waals surface area contributed by atoms with Crippen LogP contribution in [-0.4, -0.2) is 30.3 Å². The van der Waals surface area contributed by atoms with Crippen molar-refractivity contribution in [1.29, 1.82) is 0 Å². The molecule has 1 heterocycles. The normalized spacial score (nSPS) is 18.7. The van der Waals surface area contributed by atoms with Gasteiger partial charge in [-0.25, -0.2) is 4.39 Å². The zero-order valence-electron chi connectivity index (χ0n) is 13.0. The number of halogens is 1. The van der Waals surface area contributed by atoms with Crippen LogP contribution in [0.4, 0.5) is 4.39 Å². The highest BCUT2D eigenvalue weighted by atomic mass is 19.1. The van der Waals surface area contributed by atoms with Crippen molar-refractivity contribution in [1.82, 2.24) is 10.6 Å². The topological polar surface area (TPSA) is 44.3 Å². The quantitative estimate of drug-likeness (QED) is 0.756. The van der Waals surface area contributed by atoms with E-state index in [2.05, 4.69) is 24.5 Å². The van der Waals surface area contributed by atoms with Crippen LogP contribution in [0.15, 0.2) is 24.3 Å². The molecule has 1 aliphatic heterocycles. The van der Waals surface area contributed by atoms with Crippen LogP contribution in [0.2, 0.25) is 0 Å². The van der Waals surface area contributed by atoms with Gasteiger partial charge in [0.1, 0.15) is 5.82 Å². The molecule has 0 amide bonds. The van der Waals surface area contributed by atoms with Crippen molar-refractivity contribution >= 4 is 0 Å². The van der Waals surface area contributed by atoms with Crippen molar-refractivity contribution in [2.45, 2.75) is 44.8 Å². The molecule has 4 heteroatoms. The third kappa shape index (κ3) is 5.38. The SMILES string of the molecule is CC(C)(CC1CCNCC1)NC[C@H](O)c1cccc(F)c1. The zero-order chi connectivity index (χ0) is 15.3.